The number of hydrogen-bond acceptors (Lipinski definition) is 6. The molecule has 1 amide bonds. The minimum atomic E-state index is -4.79. The Labute approximate surface area is 252 Å². The van der Waals surface area contributed by atoms with Gasteiger partial charge in [-0.25, -0.2) is 4.99 Å². The van der Waals surface area contributed by atoms with E-state index >= 15 is 0 Å². The molecule has 228 valence electrons. The fourth-order valence-electron chi connectivity index (χ4n) is 4.96. The molecule has 0 bridgehead atoms. The maximum Gasteiger partial charge on any atom is 0.573 e. The Morgan fingerprint density at radius 3 is 2.14 bits per heavy atom. The molecule has 1 heterocycles. The van der Waals surface area contributed by atoms with Crippen LogP contribution in [0.15, 0.2) is 114 Å². The van der Waals surface area contributed by atoms with Crippen LogP contribution in [0.4, 0.5) is 13.2 Å². The van der Waals surface area contributed by atoms with E-state index in [2.05, 4.69) is 10.1 Å². The van der Waals surface area contributed by atoms with E-state index in [4.69, 9.17) is 19.6 Å². The van der Waals surface area contributed by atoms with E-state index in [1.54, 1.807) is 24.3 Å². The summed E-state index contributed by atoms with van der Waals surface area (Å²) < 4.78 is 53.8. The lowest BCUT2D eigenvalue weighted by molar-refractivity contribution is -0.274. The maximum absolute atomic E-state index is 14.2. The second-order valence-electron chi connectivity index (χ2n) is 10.2. The first-order valence-corrected chi connectivity index (χ1v) is 14.1. The molecule has 0 fully saturated rings. The van der Waals surface area contributed by atoms with Crippen molar-refractivity contribution < 1.29 is 37.3 Å². The van der Waals surface area contributed by atoms with Gasteiger partial charge in [-0.2, -0.15) is 0 Å². The molecule has 0 spiro atoms. The van der Waals surface area contributed by atoms with Crippen LogP contribution in [0.25, 0.3) is 0 Å². The summed E-state index contributed by atoms with van der Waals surface area (Å²) in [4.78, 5) is 19.2. The summed E-state index contributed by atoms with van der Waals surface area (Å²) in [6.45, 7) is 0.461. The number of alkyl halides is 3. The number of aliphatic imine (C=N–C) groups is 1. The molecular formula is C34H31F3N2O5. The molecule has 7 nitrogen and oxygen atoms in total. The Kier molecular flexibility index (Phi) is 9.50. The number of carbonyl (C=O) groups is 1. The first-order chi connectivity index (χ1) is 21.3. The summed E-state index contributed by atoms with van der Waals surface area (Å²) in [6.07, 6.45) is -4.83. The van der Waals surface area contributed by atoms with E-state index in [9.17, 15) is 18.0 Å². The molecule has 1 aliphatic heterocycles. The van der Waals surface area contributed by atoms with Gasteiger partial charge < -0.3 is 24.6 Å². The van der Waals surface area contributed by atoms with Gasteiger partial charge in [0.2, 0.25) is 5.90 Å². The monoisotopic (exact) mass is 604 g/mol. The molecule has 2 atom stereocenters. The zero-order chi connectivity index (χ0) is 31.0. The number of ether oxygens (including phenoxy) is 3. The second-order valence-corrected chi connectivity index (χ2v) is 10.2. The van der Waals surface area contributed by atoms with Crippen LogP contribution < -0.4 is 14.8 Å². The molecule has 0 aliphatic carbocycles. The molecule has 1 aliphatic rings. The molecule has 0 aromatic heterocycles. The molecule has 0 saturated carbocycles. The van der Waals surface area contributed by atoms with Crippen LogP contribution in [0.3, 0.4) is 0 Å². The number of amides is 1. The number of aliphatic hydroxyl groups is 1. The number of hydrogen-bond donors (Lipinski definition) is 2. The first-order valence-electron chi connectivity index (χ1n) is 14.1. The van der Waals surface area contributed by atoms with Crippen LogP contribution in [-0.4, -0.2) is 42.0 Å². The minimum Gasteiger partial charge on any atom is -0.494 e. The Bertz CT molecular complexity index is 1550. The summed E-state index contributed by atoms with van der Waals surface area (Å²) in [5.74, 6) is 0.172. The number of benzene rings is 4. The smallest absolute Gasteiger partial charge is 0.494 e. The molecule has 10 heteroatoms. The van der Waals surface area contributed by atoms with Crippen molar-refractivity contribution in [3.8, 4) is 11.5 Å². The van der Waals surface area contributed by atoms with Crippen molar-refractivity contribution in [3.63, 3.8) is 0 Å². The van der Waals surface area contributed by atoms with Crippen molar-refractivity contribution in [1.29, 1.82) is 0 Å². The Morgan fingerprint density at radius 1 is 0.864 bits per heavy atom. The van der Waals surface area contributed by atoms with Gasteiger partial charge in [-0.05, 0) is 53.1 Å². The second kappa shape index (κ2) is 13.6. The van der Waals surface area contributed by atoms with E-state index in [1.807, 2.05) is 60.7 Å². The number of nitrogens with one attached hydrogen (secondary N) is 1. The van der Waals surface area contributed by atoms with Gasteiger partial charge in [0, 0.05) is 31.6 Å². The average Bonchev–Trinajstić information content (AvgIpc) is 3.41. The van der Waals surface area contributed by atoms with E-state index < -0.39 is 23.9 Å². The zero-order valence-corrected chi connectivity index (χ0v) is 23.7. The van der Waals surface area contributed by atoms with Gasteiger partial charge in [-0.3, -0.25) is 4.79 Å². The number of rotatable bonds is 12. The minimum absolute atomic E-state index is 0.0347. The van der Waals surface area contributed by atoms with Crippen LogP contribution in [0.5, 0.6) is 11.5 Å². The van der Waals surface area contributed by atoms with Gasteiger partial charge in [-0.15, -0.1) is 13.2 Å². The lowest BCUT2D eigenvalue weighted by atomic mass is 9.82. The van der Waals surface area contributed by atoms with E-state index in [0.29, 0.717) is 35.8 Å². The topological polar surface area (TPSA) is 89.4 Å². The molecule has 5 rings (SSSR count). The van der Waals surface area contributed by atoms with Crippen LogP contribution in [0.2, 0.25) is 0 Å². The van der Waals surface area contributed by atoms with E-state index in [0.717, 1.165) is 11.1 Å². The normalized spacial score (nSPS) is 17.8. The summed E-state index contributed by atoms with van der Waals surface area (Å²) in [5, 5.41) is 12.0. The van der Waals surface area contributed by atoms with Crippen molar-refractivity contribution in [2.45, 2.75) is 37.4 Å². The largest absolute Gasteiger partial charge is 0.573 e. The third-order valence-electron chi connectivity index (χ3n) is 7.06. The van der Waals surface area contributed by atoms with Crippen molar-refractivity contribution in [2.75, 3.05) is 13.2 Å². The third kappa shape index (κ3) is 7.57. The summed E-state index contributed by atoms with van der Waals surface area (Å²) in [7, 11) is 0. The number of aliphatic hydroxyl groups excluding tert-OH is 1. The Morgan fingerprint density at radius 2 is 1.50 bits per heavy atom. The van der Waals surface area contributed by atoms with Crippen LogP contribution >= 0.6 is 0 Å². The summed E-state index contributed by atoms with van der Waals surface area (Å²) >= 11 is 0. The molecule has 4 aromatic rings. The molecule has 0 saturated heterocycles. The highest BCUT2D eigenvalue weighted by atomic mass is 19.4. The molecule has 0 unspecified atom stereocenters. The van der Waals surface area contributed by atoms with Crippen molar-refractivity contribution in [1.82, 2.24) is 5.32 Å². The fraction of sp³-hybridized carbons (Fsp3) is 0.235. The molecule has 2 N–H and O–H groups in total. The SMILES string of the molecule is O=C(NCc1ccc(OC(F)(F)F)cc1)[C@]1(Cc2ccccc2)N=C(c2ccc(OCCCO)cc2)O[C@@H]1c1ccccc1. The first kappa shape index (κ1) is 30.6. The lowest BCUT2D eigenvalue weighted by Crippen LogP contribution is -2.49. The van der Waals surface area contributed by atoms with Crippen molar-refractivity contribution >= 4 is 11.8 Å². The number of halogens is 3. The van der Waals surface area contributed by atoms with Gasteiger partial charge in [0.05, 0.1) is 6.61 Å². The Balaban J connectivity index is 1.47. The summed E-state index contributed by atoms with van der Waals surface area (Å²) in [6, 6.07) is 31.4. The number of nitrogens with zero attached hydrogens (tertiary/aromatic N) is 1. The summed E-state index contributed by atoms with van der Waals surface area (Å²) in [5.41, 5.74) is 1.46. The van der Waals surface area contributed by atoms with Crippen LogP contribution in [0.1, 0.15) is 34.8 Å². The predicted octanol–water partition coefficient (Wildman–Crippen LogP) is 6.16. The maximum atomic E-state index is 14.2. The van der Waals surface area contributed by atoms with Crippen molar-refractivity contribution in [2.24, 2.45) is 4.99 Å². The quantitative estimate of drug-likeness (QED) is 0.189. The highest BCUT2D eigenvalue weighted by molar-refractivity contribution is 6.01. The highest BCUT2D eigenvalue weighted by Crippen LogP contribution is 2.42. The van der Waals surface area contributed by atoms with Gasteiger partial charge in [0.15, 0.2) is 11.6 Å². The standard InChI is InChI=1S/C34H31F3N2O5/c35-34(36,37)44-29-16-12-25(13-17-29)23-38-32(41)33(22-24-8-3-1-4-9-24)30(26-10-5-2-6-11-26)43-31(39-33)27-14-18-28(19-15-27)42-21-7-20-40/h1-6,8-19,30,40H,7,20-23H2,(H,38,41)/t30-,33-/m1/s1. The van der Waals surface area contributed by atoms with E-state index in [-0.39, 0.29) is 25.3 Å². The third-order valence-corrected chi connectivity index (χ3v) is 7.06. The van der Waals surface area contributed by atoms with Crippen LogP contribution in [0, 0.1) is 0 Å². The predicted molar refractivity (Wildman–Crippen MR) is 158 cm³/mol. The van der Waals surface area contributed by atoms with Gasteiger partial charge in [-0.1, -0.05) is 72.8 Å². The van der Waals surface area contributed by atoms with Crippen LogP contribution in [-0.2, 0) is 22.5 Å². The Hall–Kier alpha value is -4.83. The van der Waals surface area contributed by atoms with Gasteiger partial charge in [0.1, 0.15) is 11.5 Å². The lowest BCUT2D eigenvalue weighted by Gasteiger charge is -2.31. The van der Waals surface area contributed by atoms with E-state index in [1.165, 1.54) is 24.3 Å². The highest BCUT2D eigenvalue weighted by Gasteiger charge is 2.53. The number of carbonyl (C=O) groups excluding carboxylic acids is 1. The molecule has 4 aromatic carbocycles. The van der Waals surface area contributed by atoms with Crippen molar-refractivity contribution in [3.05, 3.63) is 131 Å². The van der Waals surface area contributed by atoms with Gasteiger partial charge >= 0.3 is 6.36 Å². The molecular weight excluding hydrogens is 573 g/mol. The van der Waals surface area contributed by atoms with Gasteiger partial charge in [0.25, 0.3) is 5.91 Å². The average molecular weight is 605 g/mol. The molecule has 0 radical (unpaired) electrons. The molecule has 44 heavy (non-hydrogen) atoms. The fourth-order valence-corrected chi connectivity index (χ4v) is 4.96. The zero-order valence-electron chi connectivity index (χ0n) is 23.7.